The molecule has 2 aromatic heterocycles. The Kier molecular flexibility index (Phi) is 13.1. The molecule has 0 saturated heterocycles. The molecule has 0 radical (unpaired) electrons. The molecule has 0 aliphatic heterocycles. The summed E-state index contributed by atoms with van der Waals surface area (Å²) >= 11 is 3.15. The van der Waals surface area contributed by atoms with Gasteiger partial charge in [0.25, 0.3) is 0 Å². The minimum atomic E-state index is 0. The van der Waals surface area contributed by atoms with E-state index in [0.717, 1.165) is 45.6 Å². The van der Waals surface area contributed by atoms with Crippen LogP contribution in [0.25, 0.3) is 45.0 Å². The van der Waals surface area contributed by atoms with Crippen LogP contribution in [0.15, 0.2) is 134 Å². The Morgan fingerprint density at radius 3 is 1.50 bits per heavy atom. The molecule has 196 valence electrons. The van der Waals surface area contributed by atoms with Gasteiger partial charge in [-0.15, -0.1) is 0 Å². The smallest absolute Gasteiger partial charge is 0.443 e. The Morgan fingerprint density at radius 2 is 1.02 bits per heavy atom. The molecule has 0 aliphatic carbocycles. The van der Waals surface area contributed by atoms with E-state index in [-0.39, 0.29) is 29.6 Å². The van der Waals surface area contributed by atoms with Crippen molar-refractivity contribution in [2.75, 3.05) is 5.33 Å². The van der Waals surface area contributed by atoms with Crippen LogP contribution < -0.4 is 34.5 Å². The Morgan fingerprint density at radius 1 is 0.600 bits per heavy atom. The van der Waals surface area contributed by atoms with E-state index in [1.165, 1.54) is 11.3 Å². The van der Waals surface area contributed by atoms with E-state index in [1.807, 2.05) is 61.8 Å². The maximum atomic E-state index is 4.60. The van der Waals surface area contributed by atoms with Gasteiger partial charge < -0.3 is 14.5 Å². The zero-order valence-electron chi connectivity index (χ0n) is 23.3. The van der Waals surface area contributed by atoms with Gasteiger partial charge in [-0.05, 0) is 29.4 Å². The number of hydrogen-bond donors (Lipinski definition) is 0. The summed E-state index contributed by atoms with van der Waals surface area (Å²) < 4.78 is 2.19. The quantitative estimate of drug-likeness (QED) is 0.180. The van der Waals surface area contributed by atoms with Crippen molar-refractivity contribution in [2.45, 2.75) is 20.4 Å². The first-order chi connectivity index (χ1) is 19.3. The van der Waals surface area contributed by atoms with Crippen molar-refractivity contribution >= 4 is 15.9 Å². The molecule has 2 heterocycles. The fourth-order valence-electron chi connectivity index (χ4n) is 4.21. The number of hydrogen-bond acceptors (Lipinski definition) is 2. The van der Waals surface area contributed by atoms with Gasteiger partial charge in [0, 0.05) is 23.0 Å². The molecule has 4 nitrogen and oxygen atoms in total. The molecule has 0 amide bonds. The van der Waals surface area contributed by atoms with E-state index in [0.29, 0.717) is 0 Å². The van der Waals surface area contributed by atoms with E-state index in [9.17, 15) is 0 Å². The Labute approximate surface area is 268 Å². The molecule has 6 aromatic rings. The average Bonchev–Trinajstić information content (AvgIpc) is 3.68. The summed E-state index contributed by atoms with van der Waals surface area (Å²) in [6.45, 7) is 5.10. The van der Waals surface area contributed by atoms with E-state index in [1.54, 1.807) is 6.33 Å². The average molecular weight is 600 g/mol. The predicted molar refractivity (Wildman–Crippen MR) is 167 cm³/mol. The topological polar surface area (TPSA) is 44.8 Å². The standard InChI is InChI=1S/C17H16N2.C15H11N2.C2H5Br.Na/c1-2-19-13-18-16(14-9-5-3-6-10-14)17(19)15-11-7-4-8-12-15;1-3-7-12(8-4-1)14-15(17-11-16-14)13-9-5-2-6-10-13;1-2-3;/h3-13H,2H2,1H3;1-11H;2H2,1H3;/q;-1;;+1. The summed E-state index contributed by atoms with van der Waals surface area (Å²) in [7, 11) is 0. The van der Waals surface area contributed by atoms with Gasteiger partial charge in [0.05, 0.1) is 17.7 Å². The molecule has 6 rings (SSSR count). The second kappa shape index (κ2) is 16.8. The fraction of sp³-hybridized carbons (Fsp3) is 0.118. The number of aryl methyl sites for hydroxylation is 1. The SMILES string of the molecule is CCBr.CCn1cnc(-c2ccccc2)c1-c1ccccc1.[Na+].c1ccc(-c2nc[n-]c2-c2ccccc2)cc1. The fourth-order valence-corrected chi connectivity index (χ4v) is 4.21. The number of halogens is 1. The first-order valence-electron chi connectivity index (χ1n) is 13.1. The van der Waals surface area contributed by atoms with Crippen molar-refractivity contribution in [3.8, 4) is 45.0 Å². The molecule has 0 spiro atoms. The van der Waals surface area contributed by atoms with Crippen LogP contribution in [0.5, 0.6) is 0 Å². The number of benzene rings is 4. The van der Waals surface area contributed by atoms with Gasteiger partial charge in [-0.25, -0.2) is 4.98 Å². The normalized spacial score (nSPS) is 9.88. The van der Waals surface area contributed by atoms with E-state index >= 15 is 0 Å². The van der Waals surface area contributed by atoms with Crippen molar-refractivity contribution in [3.63, 3.8) is 0 Å². The Bertz CT molecular complexity index is 1460. The number of rotatable bonds is 5. The van der Waals surface area contributed by atoms with Gasteiger partial charge in [0.15, 0.2) is 0 Å². The minimum absolute atomic E-state index is 0. The van der Waals surface area contributed by atoms with Gasteiger partial charge in [-0.2, -0.15) is 0 Å². The van der Waals surface area contributed by atoms with Crippen molar-refractivity contribution in [2.24, 2.45) is 0 Å². The Balaban J connectivity index is 0.000000197. The first kappa shape index (κ1) is 31.3. The second-order valence-electron chi connectivity index (χ2n) is 8.53. The molecule has 0 saturated carbocycles. The number of nitrogens with zero attached hydrogens (tertiary/aromatic N) is 4. The molecule has 4 aromatic carbocycles. The Hall–Kier alpha value is -3.22. The molecule has 0 unspecified atom stereocenters. The molecule has 6 heteroatoms. The van der Waals surface area contributed by atoms with Crippen LogP contribution in [0.4, 0.5) is 0 Å². The van der Waals surface area contributed by atoms with Crippen LogP contribution in [0.1, 0.15) is 13.8 Å². The summed E-state index contributed by atoms with van der Waals surface area (Å²) in [5, 5.41) is 1.06. The summed E-state index contributed by atoms with van der Waals surface area (Å²) in [5.41, 5.74) is 8.69. The van der Waals surface area contributed by atoms with Crippen LogP contribution in [-0.4, -0.2) is 19.9 Å². The summed E-state index contributed by atoms with van der Waals surface area (Å²) in [6, 6.07) is 41.0. The van der Waals surface area contributed by atoms with Crippen LogP contribution in [0.2, 0.25) is 0 Å². The number of alkyl halides is 1. The molecular formula is C34H32BrN4Na. The van der Waals surface area contributed by atoms with Gasteiger partial charge in [-0.1, -0.05) is 151 Å². The molecular weight excluding hydrogens is 567 g/mol. The van der Waals surface area contributed by atoms with E-state index < -0.39 is 0 Å². The third-order valence-electron chi connectivity index (χ3n) is 5.97. The summed E-state index contributed by atoms with van der Waals surface area (Å²) in [4.78, 5) is 13.3. The van der Waals surface area contributed by atoms with Crippen molar-refractivity contribution < 1.29 is 29.6 Å². The third kappa shape index (κ3) is 8.15. The minimum Gasteiger partial charge on any atom is -0.443 e. The molecule has 0 atom stereocenters. The molecule has 0 fully saturated rings. The number of aromatic nitrogens is 4. The zero-order valence-corrected chi connectivity index (χ0v) is 26.9. The second-order valence-corrected chi connectivity index (χ2v) is 9.65. The maximum Gasteiger partial charge on any atom is 1.00 e. The molecule has 0 N–H and O–H groups in total. The largest absolute Gasteiger partial charge is 1.00 e. The van der Waals surface area contributed by atoms with E-state index in [2.05, 4.69) is 115 Å². The van der Waals surface area contributed by atoms with Crippen molar-refractivity contribution in [3.05, 3.63) is 134 Å². The van der Waals surface area contributed by atoms with Crippen molar-refractivity contribution in [1.82, 2.24) is 19.5 Å². The monoisotopic (exact) mass is 598 g/mol. The number of imidazole rings is 2. The first-order valence-corrected chi connectivity index (χ1v) is 14.2. The summed E-state index contributed by atoms with van der Waals surface area (Å²) in [5.74, 6) is 0. The van der Waals surface area contributed by atoms with Crippen LogP contribution in [-0.2, 0) is 6.54 Å². The predicted octanol–water partition coefficient (Wildman–Crippen LogP) is 6.02. The third-order valence-corrected chi connectivity index (χ3v) is 5.97. The zero-order chi connectivity index (χ0) is 27.3. The van der Waals surface area contributed by atoms with Gasteiger partial charge in [-0.3, -0.25) is 0 Å². The van der Waals surface area contributed by atoms with Gasteiger partial charge in [0.1, 0.15) is 0 Å². The van der Waals surface area contributed by atoms with Crippen LogP contribution in [0, 0.1) is 0 Å². The van der Waals surface area contributed by atoms with Crippen molar-refractivity contribution in [1.29, 1.82) is 0 Å². The van der Waals surface area contributed by atoms with E-state index in [4.69, 9.17) is 0 Å². The molecule has 0 bridgehead atoms. The van der Waals surface area contributed by atoms with Gasteiger partial charge >= 0.3 is 29.6 Å². The molecule has 40 heavy (non-hydrogen) atoms. The maximum absolute atomic E-state index is 4.60. The van der Waals surface area contributed by atoms with Gasteiger partial charge in [0.2, 0.25) is 0 Å². The van der Waals surface area contributed by atoms with Crippen LogP contribution in [0.3, 0.4) is 0 Å². The molecule has 0 aliphatic rings. The van der Waals surface area contributed by atoms with Crippen LogP contribution >= 0.6 is 15.9 Å². The summed E-state index contributed by atoms with van der Waals surface area (Å²) in [6.07, 6.45) is 3.54.